The van der Waals surface area contributed by atoms with E-state index in [1.54, 1.807) is 74.5 Å². The second kappa shape index (κ2) is 10.8. The lowest BCUT2D eigenvalue weighted by molar-refractivity contribution is 0.0654. The summed E-state index contributed by atoms with van der Waals surface area (Å²) in [7, 11) is 0. The molecule has 4 rings (SSSR count). The molecule has 2 aliphatic heterocycles. The number of benzene rings is 2. The number of carbonyl (C=O) groups excluding carboxylic acids is 4. The van der Waals surface area contributed by atoms with Crippen molar-refractivity contribution >= 4 is 23.6 Å². The summed E-state index contributed by atoms with van der Waals surface area (Å²) in [5, 5.41) is 17.6. The highest BCUT2D eigenvalue weighted by molar-refractivity contribution is 6.22. The zero-order chi connectivity index (χ0) is 24.8. The van der Waals surface area contributed by atoms with E-state index in [1.807, 2.05) is 0 Å². The van der Waals surface area contributed by atoms with Crippen LogP contribution in [0.1, 0.15) is 55.3 Å². The summed E-state index contributed by atoms with van der Waals surface area (Å²) in [6.07, 6.45) is 3.27. The van der Waals surface area contributed by atoms with Crippen molar-refractivity contribution in [2.75, 3.05) is 26.3 Å². The predicted molar refractivity (Wildman–Crippen MR) is 125 cm³/mol. The van der Waals surface area contributed by atoms with Crippen molar-refractivity contribution in [1.82, 2.24) is 9.80 Å². The Morgan fingerprint density at radius 1 is 0.676 bits per heavy atom. The molecule has 2 aromatic carbocycles. The first-order chi connectivity index (χ1) is 16.3. The van der Waals surface area contributed by atoms with E-state index >= 15 is 0 Å². The van der Waals surface area contributed by atoms with Gasteiger partial charge in [0.25, 0.3) is 23.6 Å². The van der Waals surface area contributed by atoms with Gasteiger partial charge >= 0.3 is 0 Å². The minimum absolute atomic E-state index is 0.0663. The summed E-state index contributed by atoms with van der Waals surface area (Å²) in [6, 6.07) is 13.6. The van der Waals surface area contributed by atoms with E-state index in [9.17, 15) is 19.2 Å². The maximum absolute atomic E-state index is 12.0. The Labute approximate surface area is 197 Å². The van der Waals surface area contributed by atoms with Crippen LogP contribution in [-0.2, 0) is 0 Å². The molecule has 0 fully saturated rings. The van der Waals surface area contributed by atoms with Crippen molar-refractivity contribution in [3.05, 3.63) is 94.1 Å². The van der Waals surface area contributed by atoms with Crippen LogP contribution in [0.3, 0.4) is 0 Å². The summed E-state index contributed by atoms with van der Waals surface area (Å²) >= 11 is 0. The third kappa shape index (κ3) is 5.03. The number of fused-ring (bicyclic) bond motifs is 2. The topological polar surface area (TPSA) is 115 Å². The lowest BCUT2D eigenvalue weighted by atomic mass is 10.1. The second-order valence-electron chi connectivity index (χ2n) is 7.95. The highest BCUT2D eigenvalue weighted by atomic mass is 16.3. The van der Waals surface area contributed by atoms with Gasteiger partial charge in [0.2, 0.25) is 0 Å². The second-order valence-corrected chi connectivity index (χ2v) is 7.95. The van der Waals surface area contributed by atoms with E-state index in [0.29, 0.717) is 22.3 Å². The molecule has 2 aliphatic rings. The lowest BCUT2D eigenvalue weighted by Gasteiger charge is -2.13. The summed E-state index contributed by atoms with van der Waals surface area (Å²) < 4.78 is 0. The van der Waals surface area contributed by atoms with E-state index in [1.165, 1.54) is 9.80 Å². The quantitative estimate of drug-likeness (QED) is 0.503. The van der Waals surface area contributed by atoms with Crippen LogP contribution in [0.25, 0.3) is 0 Å². The zero-order valence-corrected chi connectivity index (χ0v) is 19.0. The molecule has 8 nitrogen and oxygen atoms in total. The molecule has 2 heterocycles. The molecule has 4 amide bonds. The molecule has 2 N–H and O–H groups in total. The van der Waals surface area contributed by atoms with E-state index in [0.717, 1.165) is 11.1 Å². The fourth-order valence-corrected chi connectivity index (χ4v) is 3.57. The van der Waals surface area contributed by atoms with Crippen molar-refractivity contribution in [2.24, 2.45) is 0 Å². The van der Waals surface area contributed by atoms with E-state index in [4.69, 9.17) is 10.2 Å². The average molecular weight is 463 g/mol. The largest absolute Gasteiger partial charge is 0.392 e. The lowest BCUT2D eigenvalue weighted by Crippen LogP contribution is -2.31. The SMILES string of the molecule is C/C(=C/CN1C(=O)c2ccccc2C1=O)CO.C/C(=C/CO)CN1C(=O)c2ccccc2C1=O. The molecular weight excluding hydrogens is 436 g/mol. The molecule has 0 saturated heterocycles. The molecule has 0 bridgehead atoms. The number of aliphatic hydroxyl groups is 2. The summed E-state index contributed by atoms with van der Waals surface area (Å²) in [6.45, 7) is 3.81. The maximum Gasteiger partial charge on any atom is 0.261 e. The Hall–Kier alpha value is -3.88. The fraction of sp³-hybridized carbons (Fsp3) is 0.231. The third-order valence-electron chi connectivity index (χ3n) is 5.48. The molecule has 0 aliphatic carbocycles. The van der Waals surface area contributed by atoms with Crippen LogP contribution in [0.5, 0.6) is 0 Å². The van der Waals surface area contributed by atoms with E-state index < -0.39 is 0 Å². The minimum Gasteiger partial charge on any atom is -0.392 e. The smallest absolute Gasteiger partial charge is 0.261 e. The van der Waals surface area contributed by atoms with Crippen LogP contribution in [0.4, 0.5) is 0 Å². The molecule has 8 heteroatoms. The van der Waals surface area contributed by atoms with Crippen LogP contribution >= 0.6 is 0 Å². The standard InChI is InChI=1S/2C13H13NO3/c1-9(6-7-15)8-14-12(16)10-4-2-3-5-11(10)13(14)17;1-9(8-15)6-7-14-12(16)10-4-2-3-5-11(10)13(14)17/h2*2-6,15H,7-8H2,1H3/b2*9-6-. The molecule has 0 saturated carbocycles. The normalized spacial score (nSPS) is 15.4. The number of hydrogen-bond donors (Lipinski definition) is 2. The Bertz CT molecular complexity index is 1130. The van der Waals surface area contributed by atoms with Gasteiger partial charge in [-0.1, -0.05) is 47.6 Å². The number of aliphatic hydroxyl groups excluding tert-OH is 2. The fourth-order valence-electron chi connectivity index (χ4n) is 3.57. The van der Waals surface area contributed by atoms with Crippen LogP contribution in [-0.4, -0.2) is 69.9 Å². The van der Waals surface area contributed by atoms with Crippen molar-refractivity contribution in [2.45, 2.75) is 13.8 Å². The minimum atomic E-state index is -0.271. The molecule has 0 radical (unpaired) electrons. The molecule has 0 unspecified atom stereocenters. The summed E-state index contributed by atoms with van der Waals surface area (Å²) in [5.74, 6) is -1.08. The molecule has 34 heavy (non-hydrogen) atoms. The maximum atomic E-state index is 12.0. The third-order valence-corrected chi connectivity index (χ3v) is 5.48. The van der Waals surface area contributed by atoms with Gasteiger partial charge in [-0.15, -0.1) is 0 Å². The molecule has 0 aromatic heterocycles. The Morgan fingerprint density at radius 3 is 1.47 bits per heavy atom. The number of carbonyl (C=O) groups is 4. The van der Waals surface area contributed by atoms with E-state index in [-0.39, 0.29) is 49.9 Å². The van der Waals surface area contributed by atoms with Gasteiger partial charge in [0.15, 0.2) is 0 Å². The molecular formula is C26H26N2O6. The van der Waals surface area contributed by atoms with Crippen molar-refractivity contribution in [3.63, 3.8) is 0 Å². The van der Waals surface area contributed by atoms with Gasteiger partial charge in [0.05, 0.1) is 42.0 Å². The number of nitrogens with zero attached hydrogens (tertiary/aromatic N) is 2. The van der Waals surface area contributed by atoms with Crippen molar-refractivity contribution in [3.8, 4) is 0 Å². The Kier molecular flexibility index (Phi) is 7.88. The highest BCUT2D eigenvalue weighted by Crippen LogP contribution is 2.23. The molecule has 176 valence electrons. The Morgan fingerprint density at radius 2 is 1.09 bits per heavy atom. The summed E-state index contributed by atoms with van der Waals surface area (Å²) in [4.78, 5) is 50.2. The number of imide groups is 2. The van der Waals surface area contributed by atoms with Gasteiger partial charge in [0, 0.05) is 6.54 Å². The van der Waals surface area contributed by atoms with Crippen LogP contribution < -0.4 is 0 Å². The monoisotopic (exact) mass is 462 g/mol. The number of hydrogen-bond acceptors (Lipinski definition) is 6. The van der Waals surface area contributed by atoms with Crippen molar-refractivity contribution in [1.29, 1.82) is 0 Å². The molecule has 0 spiro atoms. The highest BCUT2D eigenvalue weighted by Gasteiger charge is 2.35. The van der Waals surface area contributed by atoms with Gasteiger partial charge < -0.3 is 10.2 Å². The van der Waals surface area contributed by atoms with Gasteiger partial charge in [0.1, 0.15) is 0 Å². The van der Waals surface area contributed by atoms with Crippen molar-refractivity contribution < 1.29 is 29.4 Å². The van der Waals surface area contributed by atoms with Gasteiger partial charge in [-0.3, -0.25) is 29.0 Å². The van der Waals surface area contributed by atoms with Crippen LogP contribution in [0.15, 0.2) is 71.8 Å². The zero-order valence-electron chi connectivity index (χ0n) is 19.0. The van der Waals surface area contributed by atoms with E-state index in [2.05, 4.69) is 0 Å². The number of amides is 4. The van der Waals surface area contributed by atoms with Gasteiger partial charge in [-0.05, 0) is 38.1 Å². The first-order valence-electron chi connectivity index (χ1n) is 10.7. The average Bonchev–Trinajstić information content (AvgIpc) is 3.23. The number of rotatable bonds is 6. The first-order valence-corrected chi connectivity index (χ1v) is 10.7. The molecule has 0 atom stereocenters. The van der Waals surface area contributed by atoms with Crippen LogP contribution in [0.2, 0.25) is 0 Å². The predicted octanol–water partition coefficient (Wildman–Crippen LogP) is 2.44. The van der Waals surface area contributed by atoms with Crippen LogP contribution in [0, 0.1) is 0 Å². The Balaban J connectivity index is 0.000000191. The van der Waals surface area contributed by atoms with Gasteiger partial charge in [-0.2, -0.15) is 0 Å². The first kappa shape index (κ1) is 24.8. The molecule has 2 aromatic rings. The van der Waals surface area contributed by atoms with Gasteiger partial charge in [-0.25, -0.2) is 0 Å². The summed E-state index contributed by atoms with van der Waals surface area (Å²) in [5.41, 5.74) is 3.34.